The molecule has 110 valence electrons. The lowest BCUT2D eigenvalue weighted by atomic mass is 9.98. The van der Waals surface area contributed by atoms with Crippen LogP contribution in [-0.4, -0.2) is 40.6 Å². The molecule has 20 heavy (non-hydrogen) atoms. The normalized spacial score (nSPS) is 17.3. The van der Waals surface area contributed by atoms with Gasteiger partial charge in [-0.2, -0.15) is 13.2 Å². The largest absolute Gasteiger partial charge is 0.417 e. The molecule has 0 saturated carbocycles. The Morgan fingerprint density at radius 2 is 2.00 bits per heavy atom. The van der Waals surface area contributed by atoms with Crippen LogP contribution in [0.15, 0.2) is 18.3 Å². The number of piperidine rings is 1. The number of rotatable bonds is 2. The van der Waals surface area contributed by atoms with Gasteiger partial charge < -0.3 is 10.0 Å². The van der Waals surface area contributed by atoms with Gasteiger partial charge in [0.25, 0.3) is 5.91 Å². The predicted molar refractivity (Wildman–Crippen MR) is 65.0 cm³/mol. The van der Waals surface area contributed by atoms with E-state index in [0.29, 0.717) is 32.1 Å². The highest BCUT2D eigenvalue weighted by Crippen LogP contribution is 2.28. The Hall–Kier alpha value is -1.63. The number of hydrogen-bond donors (Lipinski definition) is 1. The lowest BCUT2D eigenvalue weighted by molar-refractivity contribution is -0.137. The highest BCUT2D eigenvalue weighted by molar-refractivity contribution is 5.92. The highest BCUT2D eigenvalue weighted by atomic mass is 19.4. The van der Waals surface area contributed by atoms with Crippen molar-refractivity contribution in [1.82, 2.24) is 9.88 Å². The minimum atomic E-state index is -4.45. The SMILES string of the molecule is O=C(c1ccc(C(F)(F)F)cn1)N1CCC(CO)CC1. The zero-order chi connectivity index (χ0) is 14.8. The predicted octanol–water partition coefficient (Wildman–Crippen LogP) is 1.94. The summed E-state index contributed by atoms with van der Waals surface area (Å²) in [4.78, 5) is 17.2. The molecular weight excluding hydrogens is 273 g/mol. The first-order valence-corrected chi connectivity index (χ1v) is 6.35. The standard InChI is InChI=1S/C13H15F3N2O2/c14-13(15,16)10-1-2-11(17-7-10)12(20)18-5-3-9(8-19)4-6-18/h1-2,7,9,19H,3-6,8H2. The van der Waals surface area contributed by atoms with Gasteiger partial charge in [0.15, 0.2) is 0 Å². The molecule has 1 aromatic rings. The maximum atomic E-state index is 12.4. The summed E-state index contributed by atoms with van der Waals surface area (Å²) in [6.07, 6.45) is -2.38. The Morgan fingerprint density at radius 3 is 2.45 bits per heavy atom. The third kappa shape index (κ3) is 3.27. The number of aliphatic hydroxyl groups is 1. The average molecular weight is 288 g/mol. The van der Waals surface area contributed by atoms with Gasteiger partial charge in [0.1, 0.15) is 5.69 Å². The first kappa shape index (κ1) is 14.8. The third-order valence-electron chi connectivity index (χ3n) is 3.47. The van der Waals surface area contributed by atoms with Crippen molar-refractivity contribution < 1.29 is 23.1 Å². The van der Waals surface area contributed by atoms with Crippen LogP contribution in [0.3, 0.4) is 0 Å². The summed E-state index contributed by atoms with van der Waals surface area (Å²) in [5, 5.41) is 9.02. The molecule has 1 aliphatic heterocycles. The van der Waals surface area contributed by atoms with Crippen LogP contribution in [-0.2, 0) is 6.18 Å². The highest BCUT2D eigenvalue weighted by Gasteiger charge is 2.31. The first-order valence-electron chi connectivity index (χ1n) is 6.35. The molecule has 0 atom stereocenters. The van der Waals surface area contributed by atoms with Crippen molar-refractivity contribution in [3.8, 4) is 0 Å². The van der Waals surface area contributed by atoms with Gasteiger partial charge in [-0.3, -0.25) is 9.78 Å². The molecule has 2 rings (SSSR count). The molecule has 2 heterocycles. The fourth-order valence-corrected chi connectivity index (χ4v) is 2.17. The summed E-state index contributed by atoms with van der Waals surface area (Å²) in [6, 6.07) is 1.96. The molecule has 1 N–H and O–H groups in total. The maximum absolute atomic E-state index is 12.4. The second kappa shape index (κ2) is 5.78. The van der Waals surface area contributed by atoms with E-state index in [1.54, 1.807) is 4.90 Å². The lowest BCUT2D eigenvalue weighted by Gasteiger charge is -2.30. The number of nitrogens with zero attached hydrogens (tertiary/aromatic N) is 2. The number of amides is 1. The van der Waals surface area contributed by atoms with Gasteiger partial charge in [-0.05, 0) is 30.9 Å². The summed E-state index contributed by atoms with van der Waals surface area (Å²) < 4.78 is 37.2. The van der Waals surface area contributed by atoms with E-state index in [-0.39, 0.29) is 24.1 Å². The number of carbonyl (C=O) groups excluding carboxylic acids is 1. The van der Waals surface area contributed by atoms with Crippen LogP contribution in [0.25, 0.3) is 0 Å². The molecule has 1 amide bonds. The number of likely N-dealkylation sites (tertiary alicyclic amines) is 1. The number of alkyl halides is 3. The maximum Gasteiger partial charge on any atom is 0.417 e. The van der Waals surface area contributed by atoms with E-state index in [1.807, 2.05) is 0 Å². The zero-order valence-electron chi connectivity index (χ0n) is 10.7. The van der Waals surface area contributed by atoms with Crippen LogP contribution in [0.5, 0.6) is 0 Å². The quantitative estimate of drug-likeness (QED) is 0.905. The fraction of sp³-hybridized carbons (Fsp3) is 0.538. The van der Waals surface area contributed by atoms with Gasteiger partial charge >= 0.3 is 6.18 Å². The van der Waals surface area contributed by atoms with E-state index in [1.165, 1.54) is 0 Å². The molecule has 0 unspecified atom stereocenters. The number of carbonyl (C=O) groups is 1. The van der Waals surface area contributed by atoms with Crippen LogP contribution in [0.1, 0.15) is 28.9 Å². The molecule has 1 aliphatic rings. The molecule has 7 heteroatoms. The van der Waals surface area contributed by atoms with Gasteiger partial charge in [-0.25, -0.2) is 0 Å². The summed E-state index contributed by atoms with van der Waals surface area (Å²) in [7, 11) is 0. The number of aliphatic hydroxyl groups excluding tert-OH is 1. The Balaban J connectivity index is 2.03. The number of aromatic nitrogens is 1. The van der Waals surface area contributed by atoms with E-state index >= 15 is 0 Å². The lowest BCUT2D eigenvalue weighted by Crippen LogP contribution is -2.39. The van der Waals surface area contributed by atoms with E-state index in [2.05, 4.69) is 4.98 Å². The minimum Gasteiger partial charge on any atom is -0.396 e. The fourth-order valence-electron chi connectivity index (χ4n) is 2.17. The Labute approximate surface area is 114 Å². The van der Waals surface area contributed by atoms with Gasteiger partial charge in [-0.1, -0.05) is 0 Å². The molecule has 4 nitrogen and oxygen atoms in total. The number of halogens is 3. The molecule has 1 aromatic heterocycles. The van der Waals surface area contributed by atoms with E-state index in [4.69, 9.17) is 5.11 Å². The second-order valence-electron chi connectivity index (χ2n) is 4.85. The molecule has 0 aromatic carbocycles. The molecule has 1 fully saturated rings. The van der Waals surface area contributed by atoms with Gasteiger partial charge in [0.2, 0.25) is 0 Å². The molecule has 1 saturated heterocycles. The van der Waals surface area contributed by atoms with E-state index < -0.39 is 11.7 Å². The second-order valence-corrected chi connectivity index (χ2v) is 4.85. The van der Waals surface area contributed by atoms with Crippen LogP contribution in [0, 0.1) is 5.92 Å². The third-order valence-corrected chi connectivity index (χ3v) is 3.47. The summed E-state index contributed by atoms with van der Waals surface area (Å²) >= 11 is 0. The van der Waals surface area contributed by atoms with Crippen molar-refractivity contribution in [2.24, 2.45) is 5.92 Å². The van der Waals surface area contributed by atoms with Gasteiger partial charge in [-0.15, -0.1) is 0 Å². The zero-order valence-corrected chi connectivity index (χ0v) is 10.7. The van der Waals surface area contributed by atoms with Crippen molar-refractivity contribution in [1.29, 1.82) is 0 Å². The average Bonchev–Trinajstić information content (AvgIpc) is 2.46. The van der Waals surface area contributed by atoms with Crippen molar-refractivity contribution >= 4 is 5.91 Å². The monoisotopic (exact) mass is 288 g/mol. The minimum absolute atomic E-state index is 0.0143. The van der Waals surface area contributed by atoms with Crippen LogP contribution in [0.4, 0.5) is 13.2 Å². The van der Waals surface area contributed by atoms with E-state index in [0.717, 1.165) is 12.1 Å². The van der Waals surface area contributed by atoms with E-state index in [9.17, 15) is 18.0 Å². The Kier molecular flexibility index (Phi) is 4.27. The summed E-state index contributed by atoms with van der Waals surface area (Å²) in [5.41, 5.74) is -0.853. The Bertz CT molecular complexity index is 465. The van der Waals surface area contributed by atoms with Crippen molar-refractivity contribution in [3.05, 3.63) is 29.6 Å². The summed E-state index contributed by atoms with van der Waals surface area (Å²) in [6.45, 7) is 1.08. The topological polar surface area (TPSA) is 53.4 Å². The van der Waals surface area contributed by atoms with Crippen LogP contribution in [0.2, 0.25) is 0 Å². The van der Waals surface area contributed by atoms with Crippen molar-refractivity contribution in [2.45, 2.75) is 19.0 Å². The molecule has 0 bridgehead atoms. The summed E-state index contributed by atoms with van der Waals surface area (Å²) in [5.74, 6) is -0.172. The number of hydrogen-bond acceptors (Lipinski definition) is 3. The smallest absolute Gasteiger partial charge is 0.396 e. The molecular formula is C13H15F3N2O2. The first-order chi connectivity index (χ1) is 9.41. The number of pyridine rings is 1. The van der Waals surface area contributed by atoms with Crippen LogP contribution >= 0.6 is 0 Å². The van der Waals surface area contributed by atoms with Crippen molar-refractivity contribution in [3.63, 3.8) is 0 Å². The van der Waals surface area contributed by atoms with Crippen LogP contribution < -0.4 is 0 Å². The molecule has 0 spiro atoms. The molecule has 0 radical (unpaired) electrons. The van der Waals surface area contributed by atoms with Crippen molar-refractivity contribution in [2.75, 3.05) is 19.7 Å². The Morgan fingerprint density at radius 1 is 1.35 bits per heavy atom. The van der Waals surface area contributed by atoms with Gasteiger partial charge in [0.05, 0.1) is 5.56 Å². The molecule has 0 aliphatic carbocycles. The van der Waals surface area contributed by atoms with Gasteiger partial charge in [0, 0.05) is 25.9 Å².